The van der Waals surface area contributed by atoms with E-state index in [9.17, 15) is 0 Å². The molecule has 0 amide bonds. The Balaban J connectivity index is 0.000000224. The van der Waals surface area contributed by atoms with Crippen molar-refractivity contribution in [2.75, 3.05) is 6.61 Å². The van der Waals surface area contributed by atoms with E-state index in [4.69, 9.17) is 4.74 Å². The zero-order valence-corrected chi connectivity index (χ0v) is 16.0. The Bertz CT molecular complexity index is 912. The van der Waals surface area contributed by atoms with Gasteiger partial charge in [0.15, 0.2) is 0 Å². The molecule has 1 aliphatic heterocycles. The van der Waals surface area contributed by atoms with Crippen molar-refractivity contribution in [3.63, 3.8) is 0 Å². The molecule has 0 unspecified atom stereocenters. The molecule has 25 heavy (non-hydrogen) atoms. The van der Waals surface area contributed by atoms with Gasteiger partial charge >= 0.3 is 0 Å². The van der Waals surface area contributed by atoms with Gasteiger partial charge in [-0.2, -0.15) is 0 Å². The number of halogens is 1. The quantitative estimate of drug-likeness (QED) is 0.393. The average molecular weight is 395 g/mol. The first-order chi connectivity index (χ1) is 11.9. The summed E-state index contributed by atoms with van der Waals surface area (Å²) in [5, 5.41) is 5.64. The molecule has 0 radical (unpaired) electrons. The third-order valence-electron chi connectivity index (χ3n) is 4.87. The predicted molar refractivity (Wildman–Crippen MR) is 113 cm³/mol. The van der Waals surface area contributed by atoms with Crippen LogP contribution in [-0.4, -0.2) is 6.61 Å². The van der Waals surface area contributed by atoms with Crippen LogP contribution in [0.4, 0.5) is 0 Å². The number of benzene rings is 3. The number of fused-ring (bicyclic) bond motifs is 5. The summed E-state index contributed by atoms with van der Waals surface area (Å²) < 4.78 is 4.80. The second-order valence-electron chi connectivity index (χ2n) is 6.38. The zero-order chi connectivity index (χ0) is 16.2. The van der Waals surface area contributed by atoms with Crippen molar-refractivity contribution in [3.8, 4) is 0 Å². The fourth-order valence-corrected chi connectivity index (χ4v) is 3.69. The highest BCUT2D eigenvalue weighted by Gasteiger charge is 2.13. The van der Waals surface area contributed by atoms with E-state index in [2.05, 4.69) is 48.5 Å². The maximum absolute atomic E-state index is 4.80. The van der Waals surface area contributed by atoms with E-state index in [0.29, 0.717) is 0 Å². The molecule has 0 spiro atoms. The Morgan fingerprint density at radius 2 is 1.56 bits per heavy atom. The molecule has 5 rings (SSSR count). The summed E-state index contributed by atoms with van der Waals surface area (Å²) in [5.41, 5.74) is 3.17. The third kappa shape index (κ3) is 3.80. The minimum atomic E-state index is 0. The number of ether oxygens (including phenoxy) is 1. The van der Waals surface area contributed by atoms with Crippen molar-refractivity contribution >= 4 is 38.5 Å². The van der Waals surface area contributed by atoms with E-state index >= 15 is 0 Å². The highest BCUT2D eigenvalue weighted by atomic mass is 79.9. The van der Waals surface area contributed by atoms with Crippen molar-refractivity contribution in [1.29, 1.82) is 0 Å². The summed E-state index contributed by atoms with van der Waals surface area (Å²) in [7, 11) is 0. The van der Waals surface area contributed by atoms with Crippen LogP contribution in [0.3, 0.4) is 0 Å². The second kappa shape index (κ2) is 8.35. The Hall–Kier alpha value is -2.06. The molecule has 0 atom stereocenters. The summed E-state index contributed by atoms with van der Waals surface area (Å²) in [6, 6.07) is 18.0. The van der Waals surface area contributed by atoms with Crippen molar-refractivity contribution in [2.24, 2.45) is 0 Å². The lowest BCUT2D eigenvalue weighted by Crippen LogP contribution is -2.02. The van der Waals surface area contributed by atoms with Gasteiger partial charge in [0.2, 0.25) is 0 Å². The van der Waals surface area contributed by atoms with Crippen LogP contribution in [0.15, 0.2) is 73.0 Å². The molecule has 0 bridgehead atoms. The fourth-order valence-electron chi connectivity index (χ4n) is 3.69. The third-order valence-corrected chi connectivity index (χ3v) is 4.87. The first-order valence-corrected chi connectivity index (χ1v) is 8.79. The molecule has 3 aromatic rings. The molecule has 0 fully saturated rings. The summed E-state index contributed by atoms with van der Waals surface area (Å²) >= 11 is 0. The lowest BCUT2D eigenvalue weighted by atomic mass is 9.86. The SMILES string of the molecule is Br.C1=CCOC=C1.c1ccc2c(c1)ccc1c3c(ccc12)CCCC3. The smallest absolute Gasteiger partial charge is 0.106 e. The summed E-state index contributed by atoms with van der Waals surface area (Å²) in [4.78, 5) is 0. The van der Waals surface area contributed by atoms with Crippen LogP contribution in [0.2, 0.25) is 0 Å². The van der Waals surface area contributed by atoms with Crippen LogP contribution in [0.1, 0.15) is 24.0 Å². The monoisotopic (exact) mass is 394 g/mol. The number of hydrogen-bond acceptors (Lipinski definition) is 1. The van der Waals surface area contributed by atoms with Gasteiger partial charge in [0.25, 0.3) is 0 Å². The number of aryl methyl sites for hydroxylation is 2. The van der Waals surface area contributed by atoms with Crippen molar-refractivity contribution < 1.29 is 4.74 Å². The number of allylic oxidation sites excluding steroid dienone is 2. The Kier molecular flexibility index (Phi) is 5.93. The van der Waals surface area contributed by atoms with Crippen LogP contribution in [0, 0.1) is 0 Å². The first-order valence-electron chi connectivity index (χ1n) is 8.79. The second-order valence-corrected chi connectivity index (χ2v) is 6.38. The normalized spacial score (nSPS) is 14.9. The van der Waals surface area contributed by atoms with E-state index in [1.165, 1.54) is 47.2 Å². The summed E-state index contributed by atoms with van der Waals surface area (Å²) in [6.45, 7) is 0.733. The van der Waals surface area contributed by atoms with Crippen molar-refractivity contribution in [2.45, 2.75) is 25.7 Å². The average Bonchev–Trinajstić information content (AvgIpc) is 2.69. The van der Waals surface area contributed by atoms with Gasteiger partial charge in [0.1, 0.15) is 6.61 Å². The fraction of sp³-hybridized carbons (Fsp3) is 0.217. The Labute approximate surface area is 159 Å². The highest BCUT2D eigenvalue weighted by Crippen LogP contribution is 2.33. The number of rotatable bonds is 0. The van der Waals surface area contributed by atoms with Gasteiger partial charge in [0, 0.05) is 0 Å². The summed E-state index contributed by atoms with van der Waals surface area (Å²) in [6.07, 6.45) is 12.7. The lowest BCUT2D eigenvalue weighted by molar-refractivity contribution is 0.286. The molecule has 1 aliphatic carbocycles. The Morgan fingerprint density at radius 1 is 0.720 bits per heavy atom. The molecule has 2 aliphatic rings. The molecule has 1 nitrogen and oxygen atoms in total. The molecule has 0 saturated carbocycles. The molecule has 0 aromatic heterocycles. The number of hydrogen-bond donors (Lipinski definition) is 0. The molecule has 3 aromatic carbocycles. The molecule has 128 valence electrons. The van der Waals surface area contributed by atoms with E-state index < -0.39 is 0 Å². The maximum Gasteiger partial charge on any atom is 0.106 e. The van der Waals surface area contributed by atoms with Crippen LogP contribution < -0.4 is 0 Å². The molecule has 0 N–H and O–H groups in total. The van der Waals surface area contributed by atoms with E-state index in [0.717, 1.165) is 6.61 Å². The van der Waals surface area contributed by atoms with Crippen molar-refractivity contribution in [3.05, 3.63) is 84.1 Å². The standard InChI is InChI=1S/C18H16.C5H6O.BrH/c1-3-7-15-13(5-1)9-11-18-16-8-4-2-6-14(16)10-12-17(15)18;1-2-4-6-5-3-1;/h1,3,5,7,9-12H,2,4,6,8H2;1-4H,5H2;1H. The van der Waals surface area contributed by atoms with Gasteiger partial charge in [0.05, 0.1) is 6.26 Å². The van der Waals surface area contributed by atoms with E-state index in [1.54, 1.807) is 17.4 Å². The van der Waals surface area contributed by atoms with Gasteiger partial charge in [-0.3, -0.25) is 0 Å². The van der Waals surface area contributed by atoms with Crippen LogP contribution >= 0.6 is 17.0 Å². The molecule has 2 heteroatoms. The van der Waals surface area contributed by atoms with Gasteiger partial charge in [-0.25, -0.2) is 0 Å². The minimum absolute atomic E-state index is 0. The largest absolute Gasteiger partial charge is 0.497 e. The van der Waals surface area contributed by atoms with Gasteiger partial charge < -0.3 is 4.74 Å². The first kappa shape index (κ1) is 17.8. The topological polar surface area (TPSA) is 9.23 Å². The molecular weight excluding hydrogens is 372 g/mol. The van der Waals surface area contributed by atoms with Crippen LogP contribution in [-0.2, 0) is 17.6 Å². The van der Waals surface area contributed by atoms with E-state index in [-0.39, 0.29) is 17.0 Å². The molecular formula is C23H23BrO. The van der Waals surface area contributed by atoms with E-state index in [1.807, 2.05) is 18.2 Å². The predicted octanol–water partition coefficient (Wildman–Crippen LogP) is 6.54. The zero-order valence-electron chi connectivity index (χ0n) is 14.3. The van der Waals surface area contributed by atoms with Crippen LogP contribution in [0.5, 0.6) is 0 Å². The van der Waals surface area contributed by atoms with Gasteiger partial charge in [-0.15, -0.1) is 17.0 Å². The summed E-state index contributed by atoms with van der Waals surface area (Å²) in [5.74, 6) is 0. The van der Waals surface area contributed by atoms with Gasteiger partial charge in [-0.05, 0) is 70.5 Å². The lowest BCUT2D eigenvalue weighted by Gasteiger charge is -2.18. The maximum atomic E-state index is 4.80. The minimum Gasteiger partial charge on any atom is -0.497 e. The Morgan fingerprint density at radius 3 is 2.32 bits per heavy atom. The highest BCUT2D eigenvalue weighted by molar-refractivity contribution is 8.93. The van der Waals surface area contributed by atoms with Crippen LogP contribution in [0.25, 0.3) is 21.5 Å². The van der Waals surface area contributed by atoms with Gasteiger partial charge in [-0.1, -0.05) is 54.6 Å². The molecule has 1 heterocycles. The van der Waals surface area contributed by atoms with Crippen molar-refractivity contribution in [1.82, 2.24) is 0 Å². The molecule has 0 saturated heterocycles.